The monoisotopic (exact) mass is 324 g/mol. The van der Waals surface area contributed by atoms with Gasteiger partial charge >= 0.3 is 0 Å². The SMILES string of the molecule is CC(CCCBr)NS(=O)(=O)c1ncccc1F. The quantitative estimate of drug-likeness (QED) is 0.815. The van der Waals surface area contributed by atoms with Crippen molar-refractivity contribution in [3.8, 4) is 0 Å². The second-order valence-electron chi connectivity index (χ2n) is 3.64. The van der Waals surface area contributed by atoms with Crippen molar-refractivity contribution in [3.63, 3.8) is 0 Å². The molecule has 4 nitrogen and oxygen atoms in total. The van der Waals surface area contributed by atoms with Gasteiger partial charge in [-0.1, -0.05) is 15.9 Å². The van der Waals surface area contributed by atoms with Crippen LogP contribution in [0.15, 0.2) is 23.4 Å². The number of hydrogen-bond acceptors (Lipinski definition) is 3. The number of pyridine rings is 1. The number of nitrogens with one attached hydrogen (secondary N) is 1. The fourth-order valence-electron chi connectivity index (χ4n) is 1.33. The molecule has 0 bridgehead atoms. The van der Waals surface area contributed by atoms with Crippen molar-refractivity contribution < 1.29 is 12.8 Å². The number of rotatable bonds is 6. The summed E-state index contributed by atoms with van der Waals surface area (Å²) in [7, 11) is -3.87. The molecule has 0 amide bonds. The van der Waals surface area contributed by atoms with Crippen LogP contribution in [0.2, 0.25) is 0 Å². The third kappa shape index (κ3) is 4.33. The van der Waals surface area contributed by atoms with Gasteiger partial charge in [0.1, 0.15) is 0 Å². The molecular formula is C10H14BrFN2O2S. The average Bonchev–Trinajstić information content (AvgIpc) is 2.26. The maximum absolute atomic E-state index is 13.3. The van der Waals surface area contributed by atoms with Gasteiger partial charge in [-0.25, -0.2) is 22.5 Å². The van der Waals surface area contributed by atoms with E-state index >= 15 is 0 Å². The van der Waals surface area contributed by atoms with Crippen molar-refractivity contribution in [2.45, 2.75) is 30.8 Å². The van der Waals surface area contributed by atoms with Crippen LogP contribution in [0, 0.1) is 5.82 Å². The van der Waals surface area contributed by atoms with E-state index < -0.39 is 20.9 Å². The Bertz CT molecular complexity index is 467. The molecule has 0 saturated heterocycles. The molecule has 0 saturated carbocycles. The van der Waals surface area contributed by atoms with Crippen LogP contribution in [0.4, 0.5) is 4.39 Å². The summed E-state index contributed by atoms with van der Waals surface area (Å²) in [4.78, 5) is 3.55. The normalized spacial score (nSPS) is 13.6. The lowest BCUT2D eigenvalue weighted by molar-refractivity contribution is 0.523. The molecule has 7 heteroatoms. The summed E-state index contributed by atoms with van der Waals surface area (Å²) in [5, 5.41) is 0.252. The Morgan fingerprint density at radius 2 is 2.29 bits per heavy atom. The maximum atomic E-state index is 13.3. The zero-order valence-electron chi connectivity index (χ0n) is 9.36. The van der Waals surface area contributed by atoms with E-state index in [1.165, 1.54) is 12.3 Å². The fraction of sp³-hybridized carbons (Fsp3) is 0.500. The lowest BCUT2D eigenvalue weighted by atomic mass is 10.2. The summed E-state index contributed by atoms with van der Waals surface area (Å²) in [6.45, 7) is 1.74. The van der Waals surface area contributed by atoms with E-state index in [-0.39, 0.29) is 6.04 Å². The topological polar surface area (TPSA) is 59.1 Å². The van der Waals surface area contributed by atoms with E-state index in [1.807, 2.05) is 0 Å². The molecule has 1 N–H and O–H groups in total. The van der Waals surface area contributed by atoms with E-state index in [9.17, 15) is 12.8 Å². The minimum atomic E-state index is -3.87. The van der Waals surface area contributed by atoms with Crippen molar-refractivity contribution in [1.29, 1.82) is 0 Å². The molecule has 1 aromatic rings. The Hall–Kier alpha value is -0.530. The molecule has 0 fully saturated rings. The van der Waals surface area contributed by atoms with Crippen LogP contribution in [-0.2, 0) is 10.0 Å². The number of nitrogens with zero attached hydrogens (tertiary/aromatic N) is 1. The molecule has 1 heterocycles. The van der Waals surface area contributed by atoms with E-state index in [0.29, 0.717) is 6.42 Å². The van der Waals surface area contributed by atoms with Crippen LogP contribution in [0.1, 0.15) is 19.8 Å². The first-order valence-electron chi connectivity index (χ1n) is 5.16. The summed E-state index contributed by atoms with van der Waals surface area (Å²) in [6.07, 6.45) is 2.77. The maximum Gasteiger partial charge on any atom is 0.261 e. The Labute approximate surface area is 109 Å². The van der Waals surface area contributed by atoms with Crippen LogP contribution in [0.3, 0.4) is 0 Å². The smallest absolute Gasteiger partial charge is 0.241 e. The van der Waals surface area contributed by atoms with Gasteiger partial charge in [0, 0.05) is 17.6 Å². The third-order valence-electron chi connectivity index (χ3n) is 2.11. The molecular weight excluding hydrogens is 311 g/mol. The van der Waals surface area contributed by atoms with Crippen LogP contribution < -0.4 is 4.72 Å². The molecule has 1 aromatic heterocycles. The molecule has 0 aliphatic heterocycles. The van der Waals surface area contributed by atoms with Crippen LogP contribution in [-0.4, -0.2) is 24.8 Å². The lowest BCUT2D eigenvalue weighted by Gasteiger charge is -2.13. The van der Waals surface area contributed by atoms with Crippen molar-refractivity contribution >= 4 is 26.0 Å². The van der Waals surface area contributed by atoms with Gasteiger partial charge in [-0.15, -0.1) is 0 Å². The molecule has 0 aliphatic carbocycles. The van der Waals surface area contributed by atoms with Crippen molar-refractivity contribution in [2.75, 3.05) is 5.33 Å². The van der Waals surface area contributed by atoms with Gasteiger partial charge in [0.25, 0.3) is 10.0 Å². The minimum absolute atomic E-state index is 0.251. The largest absolute Gasteiger partial charge is 0.261 e. The molecule has 0 spiro atoms. The average molecular weight is 325 g/mol. The van der Waals surface area contributed by atoms with E-state index in [4.69, 9.17) is 0 Å². The van der Waals surface area contributed by atoms with Gasteiger partial charge < -0.3 is 0 Å². The summed E-state index contributed by atoms with van der Waals surface area (Å²) < 4.78 is 39.3. The first-order chi connectivity index (χ1) is 7.97. The number of alkyl halides is 1. The standard InChI is InChI=1S/C10H14BrFN2O2S/c1-8(4-2-6-11)14-17(15,16)10-9(12)5-3-7-13-10/h3,5,7-8,14H,2,4,6H2,1H3. The zero-order valence-corrected chi connectivity index (χ0v) is 11.8. The van der Waals surface area contributed by atoms with Gasteiger partial charge in [-0.2, -0.15) is 0 Å². The molecule has 1 unspecified atom stereocenters. The summed E-state index contributed by atoms with van der Waals surface area (Å²) in [5.74, 6) is -0.840. The van der Waals surface area contributed by atoms with E-state index in [1.54, 1.807) is 6.92 Å². The highest BCUT2D eigenvalue weighted by atomic mass is 79.9. The van der Waals surface area contributed by atoms with Gasteiger partial charge in [-0.05, 0) is 31.9 Å². The highest BCUT2D eigenvalue weighted by molar-refractivity contribution is 9.09. The summed E-state index contributed by atoms with van der Waals surface area (Å²) >= 11 is 3.26. The predicted molar refractivity (Wildman–Crippen MR) is 67.0 cm³/mol. The molecule has 96 valence electrons. The number of sulfonamides is 1. The van der Waals surface area contributed by atoms with Gasteiger partial charge in [0.15, 0.2) is 5.82 Å². The Morgan fingerprint density at radius 3 is 2.88 bits per heavy atom. The summed E-state index contributed by atoms with van der Waals surface area (Å²) in [6, 6.07) is 2.17. The van der Waals surface area contributed by atoms with Gasteiger partial charge in [0.2, 0.25) is 5.03 Å². The number of aromatic nitrogens is 1. The molecule has 17 heavy (non-hydrogen) atoms. The number of hydrogen-bond donors (Lipinski definition) is 1. The van der Waals surface area contributed by atoms with Crippen molar-refractivity contribution in [2.24, 2.45) is 0 Å². The van der Waals surface area contributed by atoms with Crippen LogP contribution in [0.25, 0.3) is 0 Å². The minimum Gasteiger partial charge on any atom is -0.241 e. The fourth-order valence-corrected chi connectivity index (χ4v) is 2.94. The molecule has 0 aromatic carbocycles. The molecule has 0 aliphatic rings. The highest BCUT2D eigenvalue weighted by Crippen LogP contribution is 2.11. The van der Waals surface area contributed by atoms with Gasteiger partial charge in [-0.3, -0.25) is 0 Å². The van der Waals surface area contributed by atoms with Gasteiger partial charge in [0.05, 0.1) is 0 Å². The highest BCUT2D eigenvalue weighted by Gasteiger charge is 2.22. The van der Waals surface area contributed by atoms with Crippen LogP contribution >= 0.6 is 15.9 Å². The molecule has 0 radical (unpaired) electrons. The van der Waals surface area contributed by atoms with Crippen molar-refractivity contribution in [3.05, 3.63) is 24.1 Å². The Balaban J connectivity index is 2.79. The second kappa shape index (κ2) is 6.42. The van der Waals surface area contributed by atoms with E-state index in [2.05, 4.69) is 25.6 Å². The number of halogens is 2. The third-order valence-corrected chi connectivity index (χ3v) is 4.19. The molecule has 1 rings (SSSR count). The first kappa shape index (κ1) is 14.5. The second-order valence-corrected chi connectivity index (χ2v) is 6.07. The summed E-state index contributed by atoms with van der Waals surface area (Å²) in [5.41, 5.74) is 0. The van der Waals surface area contributed by atoms with Crippen molar-refractivity contribution in [1.82, 2.24) is 9.71 Å². The Morgan fingerprint density at radius 1 is 1.59 bits per heavy atom. The van der Waals surface area contributed by atoms with Crippen LogP contribution in [0.5, 0.6) is 0 Å². The zero-order chi connectivity index (χ0) is 12.9. The molecule has 1 atom stereocenters. The predicted octanol–water partition coefficient (Wildman–Crippen LogP) is 2.06. The Kier molecular flexibility index (Phi) is 5.48. The van der Waals surface area contributed by atoms with E-state index in [0.717, 1.165) is 17.8 Å². The first-order valence-corrected chi connectivity index (χ1v) is 7.76. The lowest BCUT2D eigenvalue weighted by Crippen LogP contribution is -2.33.